The smallest absolute Gasteiger partial charge is 0.341 e. The van der Waals surface area contributed by atoms with Gasteiger partial charge < -0.3 is 14.6 Å². The molecule has 31 heavy (non-hydrogen) atoms. The zero-order chi connectivity index (χ0) is 22.5. The first-order valence-corrected chi connectivity index (χ1v) is 11.5. The van der Waals surface area contributed by atoms with Crippen LogP contribution in [0.3, 0.4) is 0 Å². The summed E-state index contributed by atoms with van der Waals surface area (Å²) in [7, 11) is 0. The van der Waals surface area contributed by atoms with Crippen LogP contribution in [0, 0.1) is 0 Å². The van der Waals surface area contributed by atoms with Gasteiger partial charge in [0.25, 0.3) is 11.1 Å². The minimum Gasteiger partial charge on any atom is -0.490 e. The van der Waals surface area contributed by atoms with Crippen molar-refractivity contribution >= 4 is 66.8 Å². The van der Waals surface area contributed by atoms with Gasteiger partial charge in [0.05, 0.1) is 18.1 Å². The Kier molecular flexibility index (Phi) is 7.79. The molecule has 0 bridgehead atoms. The maximum absolute atomic E-state index is 12.8. The van der Waals surface area contributed by atoms with Crippen LogP contribution in [0.5, 0.6) is 11.5 Å². The van der Waals surface area contributed by atoms with Gasteiger partial charge in [-0.2, -0.15) is 0 Å². The lowest BCUT2D eigenvalue weighted by atomic mass is 10.1. The first-order chi connectivity index (χ1) is 14.8. The Morgan fingerprint density at radius 3 is 2.45 bits per heavy atom. The Balaban J connectivity index is 1.85. The molecule has 1 aliphatic rings. The number of benzene rings is 2. The van der Waals surface area contributed by atoms with E-state index in [-0.39, 0.29) is 28.3 Å². The van der Waals surface area contributed by atoms with Crippen molar-refractivity contribution in [1.29, 1.82) is 0 Å². The standard InChI is InChI=1S/C21H17Br2NO6S/c1-2-29-16-7-13(15(23)9-17(16)30-11-19(25)26)8-18-20(27)24(21(28)31-18)10-12-3-5-14(22)6-4-12/h3-9H,2,10-11H2,1H3,(H,25,26)/b18-8-. The van der Waals surface area contributed by atoms with Crippen LogP contribution in [-0.2, 0) is 16.1 Å². The van der Waals surface area contributed by atoms with E-state index in [9.17, 15) is 14.4 Å². The normalized spacial score (nSPS) is 14.9. The van der Waals surface area contributed by atoms with Gasteiger partial charge in [-0.1, -0.05) is 44.0 Å². The molecule has 1 heterocycles. The number of aliphatic carboxylic acids is 1. The zero-order valence-corrected chi connectivity index (χ0v) is 20.3. The molecular weight excluding hydrogens is 554 g/mol. The van der Waals surface area contributed by atoms with Gasteiger partial charge in [-0.25, -0.2) is 4.79 Å². The van der Waals surface area contributed by atoms with Crippen LogP contribution in [0.15, 0.2) is 50.2 Å². The van der Waals surface area contributed by atoms with E-state index in [4.69, 9.17) is 14.6 Å². The molecule has 1 N–H and O–H groups in total. The second-order valence-corrected chi connectivity index (χ2v) is 9.09. The van der Waals surface area contributed by atoms with Crippen molar-refractivity contribution in [2.75, 3.05) is 13.2 Å². The number of hydrogen-bond donors (Lipinski definition) is 1. The predicted octanol–water partition coefficient (Wildman–Crippen LogP) is 5.31. The molecule has 0 atom stereocenters. The maximum Gasteiger partial charge on any atom is 0.341 e. The van der Waals surface area contributed by atoms with E-state index in [1.54, 1.807) is 25.1 Å². The Morgan fingerprint density at radius 1 is 1.13 bits per heavy atom. The van der Waals surface area contributed by atoms with Crippen LogP contribution in [0.1, 0.15) is 18.1 Å². The van der Waals surface area contributed by atoms with Gasteiger partial charge in [0.1, 0.15) is 0 Å². The number of carbonyl (C=O) groups excluding carboxylic acids is 2. The lowest BCUT2D eigenvalue weighted by Gasteiger charge is -2.13. The number of imide groups is 1. The van der Waals surface area contributed by atoms with Crippen LogP contribution in [-0.4, -0.2) is 40.3 Å². The summed E-state index contributed by atoms with van der Waals surface area (Å²) in [4.78, 5) is 37.5. The second-order valence-electron chi connectivity index (χ2n) is 6.33. The molecule has 2 aromatic rings. The Morgan fingerprint density at radius 2 is 1.81 bits per heavy atom. The van der Waals surface area contributed by atoms with E-state index in [2.05, 4.69) is 31.9 Å². The number of hydrogen-bond acceptors (Lipinski definition) is 6. The van der Waals surface area contributed by atoms with Crippen molar-refractivity contribution < 1.29 is 29.0 Å². The van der Waals surface area contributed by atoms with Crippen LogP contribution >= 0.6 is 43.6 Å². The third kappa shape index (κ3) is 5.90. The molecule has 7 nitrogen and oxygen atoms in total. The number of thioether (sulfide) groups is 1. The van der Waals surface area contributed by atoms with Crippen molar-refractivity contribution in [3.63, 3.8) is 0 Å². The van der Waals surface area contributed by atoms with Gasteiger partial charge in [-0.15, -0.1) is 0 Å². The summed E-state index contributed by atoms with van der Waals surface area (Å²) in [5.74, 6) is -0.889. The largest absolute Gasteiger partial charge is 0.490 e. The number of rotatable bonds is 8. The first-order valence-electron chi connectivity index (χ1n) is 9.09. The predicted molar refractivity (Wildman–Crippen MR) is 124 cm³/mol. The van der Waals surface area contributed by atoms with Crippen molar-refractivity contribution in [3.8, 4) is 11.5 Å². The second kappa shape index (κ2) is 10.3. The summed E-state index contributed by atoms with van der Waals surface area (Å²) in [6.45, 7) is 1.80. The third-order valence-corrected chi connectivity index (χ3v) is 6.25. The summed E-state index contributed by atoms with van der Waals surface area (Å²) in [6.07, 6.45) is 1.60. The summed E-state index contributed by atoms with van der Waals surface area (Å²) in [5, 5.41) is 8.50. The number of nitrogens with zero attached hydrogens (tertiary/aromatic N) is 1. The van der Waals surface area contributed by atoms with Crippen LogP contribution in [0.4, 0.5) is 4.79 Å². The molecule has 2 aromatic carbocycles. The number of carboxylic acids is 1. The van der Waals surface area contributed by atoms with Gasteiger partial charge in [0.15, 0.2) is 18.1 Å². The number of halogens is 2. The highest BCUT2D eigenvalue weighted by Gasteiger charge is 2.35. The monoisotopic (exact) mass is 569 g/mol. The quantitative estimate of drug-likeness (QED) is 0.430. The Bertz CT molecular complexity index is 1050. The van der Waals surface area contributed by atoms with E-state index in [1.807, 2.05) is 24.3 Å². The lowest BCUT2D eigenvalue weighted by Crippen LogP contribution is -2.27. The van der Waals surface area contributed by atoms with Crippen LogP contribution in [0.25, 0.3) is 6.08 Å². The fourth-order valence-electron chi connectivity index (χ4n) is 2.73. The lowest BCUT2D eigenvalue weighted by molar-refractivity contribution is -0.139. The molecule has 1 saturated heterocycles. The molecule has 0 aliphatic carbocycles. The molecular formula is C21H17Br2NO6S. The average molecular weight is 571 g/mol. The third-order valence-electron chi connectivity index (χ3n) is 4.13. The van der Waals surface area contributed by atoms with E-state index in [0.717, 1.165) is 21.8 Å². The van der Waals surface area contributed by atoms with E-state index >= 15 is 0 Å². The summed E-state index contributed by atoms with van der Waals surface area (Å²) < 4.78 is 12.3. The van der Waals surface area contributed by atoms with Crippen molar-refractivity contribution in [2.45, 2.75) is 13.5 Å². The molecule has 1 fully saturated rings. The van der Waals surface area contributed by atoms with Gasteiger partial charge in [0, 0.05) is 8.95 Å². The highest BCUT2D eigenvalue weighted by Crippen LogP contribution is 2.38. The fourth-order valence-corrected chi connectivity index (χ4v) is 4.26. The number of carbonyl (C=O) groups is 3. The molecule has 3 rings (SSSR count). The zero-order valence-electron chi connectivity index (χ0n) is 16.3. The van der Waals surface area contributed by atoms with Crippen molar-refractivity contribution in [3.05, 3.63) is 61.4 Å². The highest BCUT2D eigenvalue weighted by molar-refractivity contribution is 9.10. The Labute approximate surface area is 199 Å². The topological polar surface area (TPSA) is 93.1 Å². The van der Waals surface area contributed by atoms with E-state index in [1.165, 1.54) is 4.90 Å². The van der Waals surface area contributed by atoms with Gasteiger partial charge in [-0.05, 0) is 60.2 Å². The van der Waals surface area contributed by atoms with Crippen LogP contribution < -0.4 is 9.47 Å². The van der Waals surface area contributed by atoms with Gasteiger partial charge in [0.2, 0.25) is 0 Å². The molecule has 162 valence electrons. The molecule has 0 saturated carbocycles. The summed E-state index contributed by atoms with van der Waals surface area (Å²) in [5.41, 5.74) is 1.44. The SMILES string of the molecule is CCOc1cc(/C=C2\SC(=O)N(Cc3ccc(Br)cc3)C2=O)c(Br)cc1OCC(=O)O. The molecule has 2 amide bonds. The minimum absolute atomic E-state index is 0.183. The van der Waals surface area contributed by atoms with Gasteiger partial charge >= 0.3 is 5.97 Å². The van der Waals surface area contributed by atoms with E-state index in [0.29, 0.717) is 22.4 Å². The first kappa shape index (κ1) is 23.4. The number of ether oxygens (including phenoxy) is 2. The van der Waals surface area contributed by atoms with Crippen LogP contribution in [0.2, 0.25) is 0 Å². The van der Waals surface area contributed by atoms with E-state index < -0.39 is 12.6 Å². The molecule has 0 spiro atoms. The Hall–Kier alpha value is -2.30. The summed E-state index contributed by atoms with van der Waals surface area (Å²) in [6, 6.07) is 10.6. The maximum atomic E-state index is 12.8. The van der Waals surface area contributed by atoms with Crippen molar-refractivity contribution in [1.82, 2.24) is 4.90 Å². The molecule has 0 unspecified atom stereocenters. The molecule has 0 aromatic heterocycles. The summed E-state index contributed by atoms with van der Waals surface area (Å²) >= 11 is 7.63. The molecule has 1 aliphatic heterocycles. The number of carboxylic acid groups (broad SMARTS) is 1. The minimum atomic E-state index is -1.11. The fraction of sp³-hybridized carbons (Fsp3) is 0.190. The molecule has 10 heteroatoms. The van der Waals surface area contributed by atoms with Gasteiger partial charge in [-0.3, -0.25) is 14.5 Å². The van der Waals surface area contributed by atoms with Crippen molar-refractivity contribution in [2.24, 2.45) is 0 Å². The highest BCUT2D eigenvalue weighted by atomic mass is 79.9. The average Bonchev–Trinajstić information content (AvgIpc) is 2.98. The number of amides is 2. The molecule has 0 radical (unpaired) electrons.